The summed E-state index contributed by atoms with van der Waals surface area (Å²) in [6, 6.07) is 26.6. The van der Waals surface area contributed by atoms with Gasteiger partial charge in [0.25, 0.3) is 0 Å². The molecule has 5 heteroatoms. The number of hydrogen-bond donors (Lipinski definition) is 0. The summed E-state index contributed by atoms with van der Waals surface area (Å²) in [4.78, 5) is 19.7. The summed E-state index contributed by atoms with van der Waals surface area (Å²) in [6.45, 7) is 7.56. The third-order valence-electron chi connectivity index (χ3n) is 7.08. The maximum Gasteiger partial charge on any atom is 0.338 e. The van der Waals surface area contributed by atoms with Crippen LogP contribution in [0.3, 0.4) is 0 Å². The topological polar surface area (TPSA) is 36.0 Å². The van der Waals surface area contributed by atoms with E-state index in [1.165, 1.54) is 22.5 Å². The minimum atomic E-state index is -0.237. The van der Waals surface area contributed by atoms with Crippen LogP contribution in [-0.4, -0.2) is 68.2 Å². The zero-order chi connectivity index (χ0) is 24.6. The molecule has 1 fully saturated rings. The summed E-state index contributed by atoms with van der Waals surface area (Å²) in [5, 5.41) is 0. The fourth-order valence-corrected chi connectivity index (χ4v) is 5.15. The molecule has 0 bridgehead atoms. The molecule has 2 heterocycles. The molecule has 2 aliphatic rings. The van der Waals surface area contributed by atoms with Crippen molar-refractivity contribution in [2.45, 2.75) is 12.8 Å². The summed E-state index contributed by atoms with van der Waals surface area (Å²) in [6.07, 6.45) is 6.71. The van der Waals surface area contributed by atoms with E-state index in [1.807, 2.05) is 18.2 Å². The van der Waals surface area contributed by atoms with Crippen molar-refractivity contribution in [2.75, 3.05) is 57.3 Å². The lowest BCUT2D eigenvalue weighted by Gasteiger charge is -2.28. The Kier molecular flexibility index (Phi) is 8.11. The highest BCUT2D eigenvalue weighted by Crippen LogP contribution is 2.36. The molecule has 0 unspecified atom stereocenters. The van der Waals surface area contributed by atoms with Gasteiger partial charge in [0, 0.05) is 37.6 Å². The Morgan fingerprint density at radius 3 is 1.92 bits per heavy atom. The second-order valence-corrected chi connectivity index (χ2v) is 9.49. The number of para-hydroxylation sites is 2. The molecule has 2 aliphatic heterocycles. The maximum atomic E-state index is 12.2. The van der Waals surface area contributed by atoms with Gasteiger partial charge >= 0.3 is 5.97 Å². The van der Waals surface area contributed by atoms with Crippen LogP contribution in [0.15, 0.2) is 78.9 Å². The highest BCUT2D eigenvalue weighted by atomic mass is 16.5. The fourth-order valence-electron chi connectivity index (χ4n) is 5.15. The van der Waals surface area contributed by atoms with Crippen molar-refractivity contribution in [3.05, 3.63) is 95.6 Å². The van der Waals surface area contributed by atoms with Crippen LogP contribution in [-0.2, 0) is 4.74 Å². The minimum Gasteiger partial charge on any atom is -0.461 e. The van der Waals surface area contributed by atoms with E-state index in [9.17, 15) is 4.79 Å². The van der Waals surface area contributed by atoms with Gasteiger partial charge < -0.3 is 14.5 Å². The number of nitrogens with zero attached hydrogens (tertiary/aromatic N) is 3. The number of esters is 1. The Bertz CT molecular complexity index is 1130. The van der Waals surface area contributed by atoms with Crippen LogP contribution in [0.25, 0.3) is 12.2 Å². The molecule has 0 spiro atoms. The van der Waals surface area contributed by atoms with Gasteiger partial charge in [0.15, 0.2) is 0 Å². The van der Waals surface area contributed by atoms with Crippen molar-refractivity contribution in [1.82, 2.24) is 9.80 Å². The predicted molar refractivity (Wildman–Crippen MR) is 148 cm³/mol. The number of rotatable bonds is 8. The average molecular weight is 482 g/mol. The number of fused-ring (bicyclic) bond motifs is 2. The van der Waals surface area contributed by atoms with E-state index in [-0.39, 0.29) is 5.97 Å². The van der Waals surface area contributed by atoms with Crippen LogP contribution in [0, 0.1) is 0 Å². The Balaban J connectivity index is 1.10. The quantitative estimate of drug-likeness (QED) is 0.394. The van der Waals surface area contributed by atoms with Gasteiger partial charge in [0.1, 0.15) is 6.61 Å². The summed E-state index contributed by atoms with van der Waals surface area (Å²) < 4.78 is 5.49. The summed E-state index contributed by atoms with van der Waals surface area (Å²) >= 11 is 0. The van der Waals surface area contributed by atoms with Gasteiger partial charge in [-0.3, -0.25) is 4.90 Å². The molecule has 3 aromatic rings. The van der Waals surface area contributed by atoms with Crippen molar-refractivity contribution in [2.24, 2.45) is 0 Å². The number of ether oxygens (including phenoxy) is 1. The Morgan fingerprint density at radius 1 is 0.667 bits per heavy atom. The predicted octanol–water partition coefficient (Wildman–Crippen LogP) is 5.56. The summed E-state index contributed by atoms with van der Waals surface area (Å²) in [5.41, 5.74) is 5.72. The molecule has 0 aliphatic carbocycles. The smallest absolute Gasteiger partial charge is 0.338 e. The molecule has 1 saturated heterocycles. The number of anilines is 2. The first-order valence-corrected chi connectivity index (χ1v) is 13.1. The lowest BCUT2D eigenvalue weighted by Crippen LogP contribution is -2.34. The minimum absolute atomic E-state index is 0.237. The molecule has 0 atom stereocenters. The third-order valence-corrected chi connectivity index (χ3v) is 7.08. The first-order chi connectivity index (χ1) is 17.8. The number of hydrogen-bond acceptors (Lipinski definition) is 5. The van der Waals surface area contributed by atoms with E-state index in [0.29, 0.717) is 12.2 Å². The lowest BCUT2D eigenvalue weighted by atomic mass is 10.1. The zero-order valence-electron chi connectivity index (χ0n) is 20.9. The van der Waals surface area contributed by atoms with Gasteiger partial charge in [0.05, 0.1) is 5.56 Å². The lowest BCUT2D eigenvalue weighted by molar-refractivity contribution is 0.0463. The van der Waals surface area contributed by atoms with Crippen molar-refractivity contribution in [3.8, 4) is 0 Å². The first-order valence-electron chi connectivity index (χ1n) is 13.1. The highest BCUT2D eigenvalue weighted by Gasteiger charge is 2.19. The molecule has 0 aromatic heterocycles. The monoisotopic (exact) mass is 481 g/mol. The maximum absolute atomic E-state index is 12.2. The van der Waals surface area contributed by atoms with Crippen LogP contribution in [0.4, 0.5) is 11.4 Å². The Labute approximate surface area is 214 Å². The standard InChI is InChI=1S/C31H35N3O2/c35-31(28-12-2-1-3-13-28)36-25-24-33-19-8-18-32(22-23-33)20-9-21-34-29-14-6-4-10-26(29)16-17-27-11-5-7-15-30(27)34/h1-7,10-17H,8-9,18-25H2. The third kappa shape index (κ3) is 6.04. The molecule has 186 valence electrons. The van der Waals surface area contributed by atoms with E-state index in [1.54, 1.807) is 12.1 Å². The molecule has 5 rings (SSSR count). The average Bonchev–Trinajstić information content (AvgIpc) is 3.24. The number of carbonyl (C=O) groups excluding carboxylic acids is 1. The van der Waals surface area contributed by atoms with E-state index in [4.69, 9.17) is 4.74 Å². The van der Waals surface area contributed by atoms with Gasteiger partial charge in [-0.05, 0) is 67.9 Å². The van der Waals surface area contributed by atoms with E-state index in [0.717, 1.165) is 58.7 Å². The zero-order valence-corrected chi connectivity index (χ0v) is 20.9. The second-order valence-electron chi connectivity index (χ2n) is 9.49. The van der Waals surface area contributed by atoms with Crippen LogP contribution in [0.1, 0.15) is 34.3 Å². The van der Waals surface area contributed by atoms with Crippen molar-refractivity contribution < 1.29 is 9.53 Å². The Morgan fingerprint density at radius 2 is 1.25 bits per heavy atom. The van der Waals surface area contributed by atoms with Crippen molar-refractivity contribution in [3.63, 3.8) is 0 Å². The van der Waals surface area contributed by atoms with Crippen molar-refractivity contribution >= 4 is 29.5 Å². The van der Waals surface area contributed by atoms with Gasteiger partial charge in [-0.1, -0.05) is 66.7 Å². The van der Waals surface area contributed by atoms with Crippen LogP contribution in [0.2, 0.25) is 0 Å². The molecule has 0 saturated carbocycles. The molecule has 0 radical (unpaired) electrons. The van der Waals surface area contributed by atoms with Crippen LogP contribution >= 0.6 is 0 Å². The second kappa shape index (κ2) is 12.0. The van der Waals surface area contributed by atoms with Crippen molar-refractivity contribution in [1.29, 1.82) is 0 Å². The SMILES string of the molecule is O=C(OCCN1CCCN(CCCN2c3ccccc3C=Cc3ccccc32)CC1)c1ccccc1. The van der Waals surface area contributed by atoms with Crippen LogP contribution in [0.5, 0.6) is 0 Å². The van der Waals surface area contributed by atoms with Crippen LogP contribution < -0.4 is 4.90 Å². The van der Waals surface area contributed by atoms with E-state index < -0.39 is 0 Å². The fraction of sp³-hybridized carbons (Fsp3) is 0.323. The van der Waals surface area contributed by atoms with Gasteiger partial charge in [-0.2, -0.15) is 0 Å². The van der Waals surface area contributed by atoms with Gasteiger partial charge in [-0.15, -0.1) is 0 Å². The molecule has 0 N–H and O–H groups in total. The van der Waals surface area contributed by atoms with E-state index >= 15 is 0 Å². The van der Waals surface area contributed by atoms with Gasteiger partial charge in [-0.25, -0.2) is 4.79 Å². The van der Waals surface area contributed by atoms with Gasteiger partial charge in [0.2, 0.25) is 0 Å². The first kappa shape index (κ1) is 24.3. The molecular weight excluding hydrogens is 446 g/mol. The molecular formula is C31H35N3O2. The summed E-state index contributed by atoms with van der Waals surface area (Å²) in [7, 11) is 0. The normalized spacial score (nSPS) is 16.1. The molecule has 5 nitrogen and oxygen atoms in total. The largest absolute Gasteiger partial charge is 0.461 e. The summed E-state index contributed by atoms with van der Waals surface area (Å²) in [5.74, 6) is -0.237. The number of benzene rings is 3. The molecule has 0 amide bonds. The Hall–Kier alpha value is -3.41. The molecule has 3 aromatic carbocycles. The number of carbonyl (C=O) groups is 1. The highest BCUT2D eigenvalue weighted by molar-refractivity contribution is 5.89. The molecule has 36 heavy (non-hydrogen) atoms. The van der Waals surface area contributed by atoms with E-state index in [2.05, 4.69) is 75.4 Å².